The second-order valence-electron chi connectivity index (χ2n) is 7.13. The Morgan fingerprint density at radius 2 is 1.79 bits per heavy atom. The van der Waals surface area contributed by atoms with Crippen LogP contribution in [0.3, 0.4) is 0 Å². The number of hydrogen-bond acceptors (Lipinski definition) is 4. The van der Waals surface area contributed by atoms with Gasteiger partial charge in [0.05, 0.1) is 18.7 Å². The van der Waals surface area contributed by atoms with Crippen LogP contribution in [0.4, 0.5) is 5.69 Å². The number of aliphatic carboxylic acids is 1. The summed E-state index contributed by atoms with van der Waals surface area (Å²) in [7, 11) is 1.54. The lowest BCUT2D eigenvalue weighted by Crippen LogP contribution is -2.41. The van der Waals surface area contributed by atoms with E-state index in [1.165, 1.54) is 7.11 Å². The van der Waals surface area contributed by atoms with Crippen molar-refractivity contribution in [3.63, 3.8) is 0 Å². The molecule has 0 spiro atoms. The molecule has 1 aromatic carbocycles. The molecule has 0 heterocycles. The first kappa shape index (κ1) is 18.0. The molecule has 0 bridgehead atoms. The van der Waals surface area contributed by atoms with Crippen molar-refractivity contribution in [1.82, 2.24) is 0 Å². The van der Waals surface area contributed by atoms with Crippen LogP contribution in [0.15, 0.2) is 30.4 Å². The highest BCUT2D eigenvalue weighted by atomic mass is 16.5. The van der Waals surface area contributed by atoms with Crippen LogP contribution < -0.4 is 15.2 Å². The highest BCUT2D eigenvalue weighted by Crippen LogP contribution is 2.33. The maximum Gasteiger partial charge on any atom is 0.228 e. The predicted molar refractivity (Wildman–Crippen MR) is 90.7 cm³/mol. The smallest absolute Gasteiger partial charge is 0.228 e. The molecule has 1 aliphatic rings. The molecule has 0 saturated carbocycles. The molecule has 5 nitrogen and oxygen atoms in total. The van der Waals surface area contributed by atoms with Crippen molar-refractivity contribution in [2.24, 2.45) is 11.8 Å². The lowest BCUT2D eigenvalue weighted by atomic mass is 9.82. The van der Waals surface area contributed by atoms with Gasteiger partial charge in [0.2, 0.25) is 5.91 Å². The van der Waals surface area contributed by atoms with Crippen LogP contribution in [-0.4, -0.2) is 19.0 Å². The van der Waals surface area contributed by atoms with Gasteiger partial charge >= 0.3 is 0 Å². The minimum absolute atomic E-state index is 0.0765. The van der Waals surface area contributed by atoms with E-state index >= 15 is 0 Å². The molecule has 1 aliphatic carbocycles. The van der Waals surface area contributed by atoms with Crippen molar-refractivity contribution in [3.8, 4) is 5.75 Å². The van der Waals surface area contributed by atoms with Gasteiger partial charge in [0.1, 0.15) is 5.75 Å². The molecule has 24 heavy (non-hydrogen) atoms. The largest absolute Gasteiger partial charge is 0.550 e. The predicted octanol–water partition coefficient (Wildman–Crippen LogP) is 2.26. The monoisotopic (exact) mass is 330 g/mol. The van der Waals surface area contributed by atoms with Gasteiger partial charge in [-0.15, -0.1) is 0 Å². The SMILES string of the molecule is COc1ccc(C(C)(C)C)cc1NC(=O)[C@@H]1CC=CC[C@H]1C(=O)[O-]. The quantitative estimate of drug-likeness (QED) is 0.859. The van der Waals surface area contributed by atoms with E-state index in [1.54, 1.807) is 6.08 Å². The van der Waals surface area contributed by atoms with Crippen molar-refractivity contribution in [2.45, 2.75) is 39.0 Å². The van der Waals surface area contributed by atoms with Gasteiger partial charge in [-0.1, -0.05) is 39.0 Å². The Hall–Kier alpha value is -2.30. The summed E-state index contributed by atoms with van der Waals surface area (Å²) in [6, 6.07) is 5.65. The van der Waals surface area contributed by atoms with Crippen molar-refractivity contribution < 1.29 is 19.4 Å². The minimum atomic E-state index is -1.19. The Morgan fingerprint density at radius 1 is 1.17 bits per heavy atom. The summed E-state index contributed by atoms with van der Waals surface area (Å²) in [6.07, 6.45) is 4.34. The van der Waals surface area contributed by atoms with E-state index in [1.807, 2.05) is 24.3 Å². The van der Waals surface area contributed by atoms with Gasteiger partial charge in [0.15, 0.2) is 0 Å². The fourth-order valence-electron chi connectivity index (χ4n) is 2.86. The summed E-state index contributed by atoms with van der Waals surface area (Å²) >= 11 is 0. The van der Waals surface area contributed by atoms with Crippen LogP contribution >= 0.6 is 0 Å². The average molecular weight is 330 g/mol. The first-order chi connectivity index (χ1) is 11.2. The summed E-state index contributed by atoms with van der Waals surface area (Å²) in [6.45, 7) is 6.25. The summed E-state index contributed by atoms with van der Waals surface area (Å²) in [4.78, 5) is 23.9. The number of anilines is 1. The van der Waals surface area contributed by atoms with Gasteiger partial charge in [0.25, 0.3) is 0 Å². The number of hydrogen-bond donors (Lipinski definition) is 1. The molecule has 1 N–H and O–H groups in total. The first-order valence-electron chi connectivity index (χ1n) is 8.09. The molecule has 2 rings (SSSR count). The van der Waals surface area contributed by atoms with Gasteiger partial charge in [-0.3, -0.25) is 4.79 Å². The standard InChI is InChI=1S/C19H25NO4/c1-19(2,3)12-9-10-16(24-4)15(11-12)20-17(21)13-7-5-6-8-14(13)18(22)23/h5-6,9-11,13-14H,7-8H2,1-4H3,(H,20,21)(H,22,23)/p-1/t13-,14-/m1/s1. The van der Waals surface area contributed by atoms with Crippen LogP contribution in [-0.2, 0) is 15.0 Å². The second kappa shape index (κ2) is 7.07. The molecule has 130 valence electrons. The lowest BCUT2D eigenvalue weighted by Gasteiger charge is -2.28. The molecule has 0 aromatic heterocycles. The molecular formula is C19H24NO4-. The highest BCUT2D eigenvalue weighted by Gasteiger charge is 2.30. The number of allylic oxidation sites excluding steroid dienone is 2. The number of benzene rings is 1. The van der Waals surface area contributed by atoms with E-state index in [2.05, 4.69) is 26.1 Å². The van der Waals surface area contributed by atoms with Crippen molar-refractivity contribution >= 4 is 17.6 Å². The summed E-state index contributed by atoms with van der Waals surface area (Å²) in [5.41, 5.74) is 1.53. The molecule has 1 amide bonds. The van der Waals surface area contributed by atoms with Gasteiger partial charge in [-0.2, -0.15) is 0 Å². The molecule has 1 aromatic rings. The number of nitrogens with one attached hydrogen (secondary N) is 1. The zero-order valence-electron chi connectivity index (χ0n) is 14.6. The molecule has 0 fully saturated rings. The molecule has 0 unspecified atom stereocenters. The van der Waals surface area contributed by atoms with Gasteiger partial charge in [-0.25, -0.2) is 0 Å². The Morgan fingerprint density at radius 3 is 2.33 bits per heavy atom. The van der Waals surface area contributed by atoms with E-state index < -0.39 is 17.8 Å². The normalized spacial score (nSPS) is 20.5. The third-order valence-electron chi connectivity index (χ3n) is 4.40. The fourth-order valence-corrected chi connectivity index (χ4v) is 2.86. The number of rotatable bonds is 4. The molecule has 5 heteroatoms. The number of methoxy groups -OCH3 is 1. The van der Waals surface area contributed by atoms with Crippen molar-refractivity contribution in [2.75, 3.05) is 12.4 Å². The van der Waals surface area contributed by atoms with E-state index in [9.17, 15) is 14.7 Å². The Balaban J connectivity index is 2.27. The van der Waals surface area contributed by atoms with E-state index in [0.29, 0.717) is 24.3 Å². The van der Waals surface area contributed by atoms with Crippen molar-refractivity contribution in [3.05, 3.63) is 35.9 Å². The minimum Gasteiger partial charge on any atom is -0.550 e. The van der Waals surface area contributed by atoms with E-state index in [0.717, 1.165) is 5.56 Å². The Kier molecular flexibility index (Phi) is 5.32. The maximum absolute atomic E-state index is 12.6. The number of carboxylic acids is 1. The Labute approximate surface area is 142 Å². The zero-order chi connectivity index (χ0) is 17.9. The average Bonchev–Trinajstić information content (AvgIpc) is 2.53. The zero-order valence-corrected chi connectivity index (χ0v) is 14.6. The fraction of sp³-hybridized carbons (Fsp3) is 0.474. The number of carbonyl (C=O) groups is 2. The maximum atomic E-state index is 12.6. The third-order valence-corrected chi connectivity index (χ3v) is 4.40. The number of carbonyl (C=O) groups excluding carboxylic acids is 2. The molecule has 2 atom stereocenters. The number of ether oxygens (including phenoxy) is 1. The molecule has 0 saturated heterocycles. The summed E-state index contributed by atoms with van der Waals surface area (Å²) < 4.78 is 5.32. The van der Waals surface area contributed by atoms with Gasteiger partial charge in [-0.05, 0) is 36.0 Å². The Bertz CT molecular complexity index is 658. The molecule has 0 radical (unpaired) electrons. The van der Waals surface area contributed by atoms with Gasteiger partial charge < -0.3 is 20.0 Å². The van der Waals surface area contributed by atoms with Crippen molar-refractivity contribution in [1.29, 1.82) is 0 Å². The summed E-state index contributed by atoms with van der Waals surface area (Å²) in [5, 5.41) is 14.1. The van der Waals surface area contributed by atoms with Crippen LogP contribution in [0.2, 0.25) is 0 Å². The van der Waals surface area contributed by atoms with Crippen LogP contribution in [0.1, 0.15) is 39.2 Å². The topological polar surface area (TPSA) is 78.5 Å². The van der Waals surface area contributed by atoms with E-state index in [4.69, 9.17) is 4.74 Å². The number of amides is 1. The van der Waals surface area contributed by atoms with E-state index in [-0.39, 0.29) is 11.3 Å². The van der Waals surface area contributed by atoms with Crippen LogP contribution in [0, 0.1) is 11.8 Å². The lowest BCUT2D eigenvalue weighted by molar-refractivity contribution is -0.313. The second-order valence-corrected chi connectivity index (χ2v) is 7.13. The molecule has 0 aliphatic heterocycles. The van der Waals surface area contributed by atoms with Crippen LogP contribution in [0.5, 0.6) is 5.75 Å². The third kappa shape index (κ3) is 3.96. The van der Waals surface area contributed by atoms with Gasteiger partial charge in [0, 0.05) is 11.9 Å². The summed E-state index contributed by atoms with van der Waals surface area (Å²) in [5.74, 6) is -2.39. The highest BCUT2D eigenvalue weighted by molar-refractivity contribution is 5.96. The van der Waals surface area contributed by atoms with Crippen LogP contribution in [0.25, 0.3) is 0 Å². The number of carboxylic acid groups (broad SMARTS) is 1. The first-order valence-corrected chi connectivity index (χ1v) is 8.09. The molecular weight excluding hydrogens is 306 g/mol.